The van der Waals surface area contributed by atoms with E-state index in [0.717, 1.165) is 0 Å². The van der Waals surface area contributed by atoms with E-state index in [-0.39, 0.29) is 30.2 Å². The number of ether oxygens (including phenoxy) is 2. The van der Waals surface area contributed by atoms with Crippen molar-refractivity contribution in [2.75, 3.05) is 39.6 Å². The standard InChI is InChI=1S/C18H25FN2O5S/c1-25-16-4-3-13(11-14(16)19)12-18(22)20-7-5-15-17(6-8-20)26-10-9-21(15)27(2,23)24/h3-4,11,15,17H,5-10,12H2,1-2H3/t15-,17-/m1/s1. The quantitative estimate of drug-likeness (QED) is 0.755. The van der Waals surface area contributed by atoms with Gasteiger partial charge in [-0.2, -0.15) is 4.31 Å². The number of carbonyl (C=O) groups is 1. The zero-order valence-electron chi connectivity index (χ0n) is 15.6. The summed E-state index contributed by atoms with van der Waals surface area (Å²) in [4.78, 5) is 14.4. The van der Waals surface area contributed by atoms with Crippen molar-refractivity contribution in [3.8, 4) is 5.75 Å². The van der Waals surface area contributed by atoms with Gasteiger partial charge in [0, 0.05) is 19.6 Å². The molecule has 0 bridgehead atoms. The number of methoxy groups -OCH3 is 1. The zero-order chi connectivity index (χ0) is 19.6. The van der Waals surface area contributed by atoms with Crippen molar-refractivity contribution in [3.05, 3.63) is 29.6 Å². The Morgan fingerprint density at radius 1 is 1.30 bits per heavy atom. The Kier molecular flexibility index (Phi) is 6.02. The fourth-order valence-corrected chi connectivity index (χ4v) is 4.95. The van der Waals surface area contributed by atoms with E-state index in [0.29, 0.717) is 44.6 Å². The Balaban J connectivity index is 1.67. The molecule has 1 aromatic rings. The van der Waals surface area contributed by atoms with Crippen LogP contribution in [-0.2, 0) is 26.0 Å². The van der Waals surface area contributed by atoms with Gasteiger partial charge in [0.15, 0.2) is 11.6 Å². The lowest BCUT2D eigenvalue weighted by Gasteiger charge is -2.38. The van der Waals surface area contributed by atoms with Crippen LogP contribution in [0.5, 0.6) is 5.75 Å². The molecule has 0 spiro atoms. The number of halogens is 1. The summed E-state index contributed by atoms with van der Waals surface area (Å²) in [5.74, 6) is -0.464. The highest BCUT2D eigenvalue weighted by molar-refractivity contribution is 7.88. The van der Waals surface area contributed by atoms with Crippen molar-refractivity contribution in [2.24, 2.45) is 0 Å². The largest absolute Gasteiger partial charge is 0.494 e. The molecular weight excluding hydrogens is 375 g/mol. The summed E-state index contributed by atoms with van der Waals surface area (Å²) in [6, 6.07) is 4.24. The van der Waals surface area contributed by atoms with Crippen LogP contribution in [0.15, 0.2) is 18.2 Å². The van der Waals surface area contributed by atoms with E-state index in [4.69, 9.17) is 9.47 Å². The molecule has 0 saturated carbocycles. The maximum Gasteiger partial charge on any atom is 0.226 e. The van der Waals surface area contributed by atoms with Gasteiger partial charge in [-0.15, -0.1) is 0 Å². The first-order chi connectivity index (χ1) is 12.8. The van der Waals surface area contributed by atoms with E-state index in [9.17, 15) is 17.6 Å². The summed E-state index contributed by atoms with van der Waals surface area (Å²) in [7, 11) is -1.92. The van der Waals surface area contributed by atoms with E-state index in [2.05, 4.69) is 0 Å². The molecule has 2 saturated heterocycles. The number of nitrogens with zero attached hydrogens (tertiary/aromatic N) is 2. The maximum absolute atomic E-state index is 13.8. The number of rotatable bonds is 4. The van der Waals surface area contributed by atoms with Crippen molar-refractivity contribution in [1.82, 2.24) is 9.21 Å². The smallest absolute Gasteiger partial charge is 0.226 e. The van der Waals surface area contributed by atoms with E-state index < -0.39 is 15.8 Å². The zero-order valence-corrected chi connectivity index (χ0v) is 16.4. The molecule has 7 nitrogen and oxygen atoms in total. The van der Waals surface area contributed by atoms with Crippen molar-refractivity contribution >= 4 is 15.9 Å². The molecule has 150 valence electrons. The molecule has 1 aromatic carbocycles. The van der Waals surface area contributed by atoms with Gasteiger partial charge in [0.05, 0.1) is 38.5 Å². The molecule has 0 aliphatic carbocycles. The molecule has 2 aliphatic heterocycles. The molecule has 2 fully saturated rings. The van der Waals surface area contributed by atoms with Crippen LogP contribution in [0.25, 0.3) is 0 Å². The lowest BCUT2D eigenvalue weighted by atomic mass is 10.0. The highest BCUT2D eigenvalue weighted by atomic mass is 32.2. The molecular formula is C18H25FN2O5S. The number of amides is 1. The van der Waals surface area contributed by atoms with E-state index in [1.807, 2.05) is 0 Å². The molecule has 0 N–H and O–H groups in total. The maximum atomic E-state index is 13.8. The predicted octanol–water partition coefficient (Wildman–Crippen LogP) is 1.03. The Bertz CT molecular complexity index is 801. The average molecular weight is 400 g/mol. The molecule has 0 aromatic heterocycles. The summed E-state index contributed by atoms with van der Waals surface area (Å²) in [6.07, 6.45) is 2.21. The molecule has 2 atom stereocenters. The number of sulfonamides is 1. The monoisotopic (exact) mass is 400 g/mol. The van der Waals surface area contributed by atoms with Gasteiger partial charge in [-0.25, -0.2) is 12.8 Å². The highest BCUT2D eigenvalue weighted by Crippen LogP contribution is 2.26. The van der Waals surface area contributed by atoms with E-state index in [1.54, 1.807) is 11.0 Å². The molecule has 2 aliphatic rings. The third-order valence-corrected chi connectivity index (χ3v) is 6.48. The van der Waals surface area contributed by atoms with Crippen LogP contribution in [0, 0.1) is 5.82 Å². The number of hydrogen-bond donors (Lipinski definition) is 0. The van der Waals surface area contributed by atoms with Gasteiger partial charge in [0.2, 0.25) is 15.9 Å². The molecule has 0 unspecified atom stereocenters. The Morgan fingerprint density at radius 3 is 2.70 bits per heavy atom. The van der Waals surface area contributed by atoms with Crippen LogP contribution in [0.4, 0.5) is 4.39 Å². The van der Waals surface area contributed by atoms with Gasteiger partial charge in [-0.3, -0.25) is 4.79 Å². The van der Waals surface area contributed by atoms with Gasteiger partial charge in [0.25, 0.3) is 0 Å². The molecule has 9 heteroatoms. The first-order valence-corrected chi connectivity index (χ1v) is 10.8. The van der Waals surface area contributed by atoms with Gasteiger partial charge in [-0.05, 0) is 30.5 Å². The molecule has 27 heavy (non-hydrogen) atoms. The minimum absolute atomic E-state index is 0.0902. The van der Waals surface area contributed by atoms with Crippen LogP contribution in [0.1, 0.15) is 18.4 Å². The SMILES string of the molecule is COc1ccc(CC(=O)N2CC[C@@H]3[C@@H](CC2)OCCN3S(C)(=O)=O)cc1F. The van der Waals surface area contributed by atoms with Crippen molar-refractivity contribution in [2.45, 2.75) is 31.4 Å². The third kappa shape index (κ3) is 4.59. The van der Waals surface area contributed by atoms with Gasteiger partial charge >= 0.3 is 0 Å². The van der Waals surface area contributed by atoms with E-state index in [1.165, 1.54) is 29.8 Å². The first kappa shape index (κ1) is 20.0. The van der Waals surface area contributed by atoms with Crippen LogP contribution in [0.3, 0.4) is 0 Å². The fourth-order valence-electron chi connectivity index (χ4n) is 3.81. The number of hydrogen-bond acceptors (Lipinski definition) is 5. The number of likely N-dealkylation sites (tertiary alicyclic amines) is 1. The minimum atomic E-state index is -3.31. The molecule has 1 amide bonds. The first-order valence-electron chi connectivity index (χ1n) is 8.98. The Hall–Kier alpha value is -1.71. The summed E-state index contributed by atoms with van der Waals surface area (Å²) in [6.45, 7) is 1.66. The summed E-state index contributed by atoms with van der Waals surface area (Å²) < 4.78 is 50.1. The molecule has 2 heterocycles. The predicted molar refractivity (Wildman–Crippen MR) is 97.5 cm³/mol. The Labute approximate surface area is 159 Å². The van der Waals surface area contributed by atoms with E-state index >= 15 is 0 Å². The van der Waals surface area contributed by atoms with Gasteiger partial charge in [0.1, 0.15) is 0 Å². The normalized spacial score (nSPS) is 24.2. The summed E-state index contributed by atoms with van der Waals surface area (Å²) in [5, 5.41) is 0. The van der Waals surface area contributed by atoms with Gasteiger partial charge in [-0.1, -0.05) is 6.07 Å². The van der Waals surface area contributed by atoms with Crippen molar-refractivity contribution in [1.29, 1.82) is 0 Å². The van der Waals surface area contributed by atoms with Crippen LogP contribution in [-0.4, -0.2) is 75.3 Å². The summed E-state index contributed by atoms with van der Waals surface area (Å²) >= 11 is 0. The molecule has 0 radical (unpaired) electrons. The second-order valence-corrected chi connectivity index (χ2v) is 8.89. The number of morpholine rings is 1. The number of carbonyl (C=O) groups excluding carboxylic acids is 1. The second-order valence-electron chi connectivity index (χ2n) is 6.95. The lowest BCUT2D eigenvalue weighted by Crippen LogP contribution is -2.53. The fraction of sp³-hybridized carbons (Fsp3) is 0.611. The summed E-state index contributed by atoms with van der Waals surface area (Å²) in [5.41, 5.74) is 0.578. The Morgan fingerprint density at radius 2 is 2.04 bits per heavy atom. The number of fused-ring (bicyclic) bond motifs is 1. The minimum Gasteiger partial charge on any atom is -0.494 e. The number of benzene rings is 1. The van der Waals surface area contributed by atoms with Gasteiger partial charge < -0.3 is 14.4 Å². The lowest BCUT2D eigenvalue weighted by molar-refractivity contribution is -0.130. The van der Waals surface area contributed by atoms with Crippen molar-refractivity contribution < 1.29 is 27.1 Å². The molecule has 3 rings (SSSR count). The second kappa shape index (κ2) is 8.12. The van der Waals surface area contributed by atoms with Crippen LogP contribution < -0.4 is 4.74 Å². The average Bonchev–Trinajstić information content (AvgIpc) is 2.83. The van der Waals surface area contributed by atoms with Crippen LogP contribution >= 0.6 is 0 Å². The van der Waals surface area contributed by atoms with Crippen LogP contribution in [0.2, 0.25) is 0 Å². The third-order valence-electron chi connectivity index (χ3n) is 5.17. The van der Waals surface area contributed by atoms with Crippen molar-refractivity contribution in [3.63, 3.8) is 0 Å². The highest BCUT2D eigenvalue weighted by Gasteiger charge is 2.39. The topological polar surface area (TPSA) is 76.2 Å².